The second kappa shape index (κ2) is 9.92. The van der Waals surface area contributed by atoms with Gasteiger partial charge >= 0.3 is 0 Å². The zero-order valence-electron chi connectivity index (χ0n) is 19.3. The van der Waals surface area contributed by atoms with Gasteiger partial charge in [0.05, 0.1) is 7.11 Å². The van der Waals surface area contributed by atoms with E-state index in [0.29, 0.717) is 11.9 Å². The van der Waals surface area contributed by atoms with Gasteiger partial charge < -0.3 is 14.5 Å². The number of methoxy groups -OCH3 is 1. The van der Waals surface area contributed by atoms with Crippen LogP contribution >= 0.6 is 0 Å². The molecule has 0 saturated carbocycles. The first-order valence-electron chi connectivity index (χ1n) is 12.0. The van der Waals surface area contributed by atoms with Gasteiger partial charge in [-0.15, -0.1) is 0 Å². The smallest absolute Gasteiger partial charge is 0.216 e. The Labute approximate surface area is 196 Å². The number of fused-ring (bicyclic) bond motifs is 1. The van der Waals surface area contributed by atoms with Crippen LogP contribution in [0.1, 0.15) is 35.1 Å². The highest BCUT2D eigenvalue weighted by Crippen LogP contribution is 2.34. The van der Waals surface area contributed by atoms with Crippen LogP contribution in [-0.4, -0.2) is 49.2 Å². The van der Waals surface area contributed by atoms with Crippen LogP contribution in [0.4, 0.5) is 10.1 Å². The zero-order chi connectivity index (χ0) is 22.6. The number of piperidine rings is 1. The fraction of sp³-hybridized carbons (Fsp3) is 0.393. The molecule has 1 saturated heterocycles. The van der Waals surface area contributed by atoms with Crippen molar-refractivity contribution in [2.45, 2.75) is 38.1 Å². The number of benzene rings is 2. The van der Waals surface area contributed by atoms with Crippen LogP contribution in [0, 0.1) is 5.82 Å². The van der Waals surface area contributed by atoms with Crippen LogP contribution in [0.5, 0.6) is 5.88 Å². The number of anilines is 1. The van der Waals surface area contributed by atoms with E-state index >= 15 is 0 Å². The van der Waals surface area contributed by atoms with E-state index in [2.05, 4.69) is 39.0 Å². The number of aromatic nitrogens is 1. The summed E-state index contributed by atoms with van der Waals surface area (Å²) in [7, 11) is 1.68. The second-order valence-electron chi connectivity index (χ2n) is 9.20. The number of halogens is 1. The normalized spacial score (nSPS) is 16.7. The third-order valence-corrected chi connectivity index (χ3v) is 7.15. The minimum Gasteiger partial charge on any atom is -0.481 e. The first kappa shape index (κ1) is 21.9. The van der Waals surface area contributed by atoms with E-state index < -0.39 is 0 Å². The Morgan fingerprint density at radius 3 is 2.58 bits per heavy atom. The molecule has 4 nitrogen and oxygen atoms in total. The fourth-order valence-electron chi connectivity index (χ4n) is 5.29. The molecule has 1 aromatic heterocycles. The van der Waals surface area contributed by atoms with Crippen LogP contribution in [0.15, 0.2) is 60.8 Å². The van der Waals surface area contributed by atoms with Gasteiger partial charge in [-0.1, -0.05) is 30.3 Å². The molecular formula is C28H32FN3O. The molecule has 0 N–H and O–H groups in total. The molecule has 5 rings (SSSR count). The average molecular weight is 446 g/mol. The number of pyridine rings is 1. The summed E-state index contributed by atoms with van der Waals surface area (Å²) in [6, 6.07) is 18.6. The first-order valence-corrected chi connectivity index (χ1v) is 12.0. The summed E-state index contributed by atoms with van der Waals surface area (Å²) in [4.78, 5) is 9.55. The van der Waals surface area contributed by atoms with Crippen LogP contribution in [-0.2, 0) is 19.3 Å². The van der Waals surface area contributed by atoms with Gasteiger partial charge in [0.1, 0.15) is 5.82 Å². The van der Waals surface area contributed by atoms with Gasteiger partial charge in [-0.3, -0.25) is 0 Å². The minimum atomic E-state index is -0.159. The van der Waals surface area contributed by atoms with Crippen molar-refractivity contribution in [2.24, 2.45) is 0 Å². The molecule has 2 aromatic carbocycles. The number of rotatable bonds is 7. The molecule has 0 radical (unpaired) electrons. The molecular weight excluding hydrogens is 413 g/mol. The highest BCUT2D eigenvalue weighted by Gasteiger charge is 2.29. The van der Waals surface area contributed by atoms with Crippen LogP contribution in [0.3, 0.4) is 0 Å². The Morgan fingerprint density at radius 1 is 1.00 bits per heavy atom. The maximum atomic E-state index is 13.1. The third-order valence-electron chi connectivity index (χ3n) is 7.15. The molecule has 0 atom stereocenters. The maximum absolute atomic E-state index is 13.1. The molecule has 2 aliphatic rings. The summed E-state index contributed by atoms with van der Waals surface area (Å²) in [5.74, 6) is 0.552. The molecule has 33 heavy (non-hydrogen) atoms. The summed E-state index contributed by atoms with van der Waals surface area (Å²) in [6.45, 7) is 4.43. The van der Waals surface area contributed by atoms with Gasteiger partial charge in [0, 0.05) is 56.1 Å². The van der Waals surface area contributed by atoms with Crippen LogP contribution in [0.2, 0.25) is 0 Å². The van der Waals surface area contributed by atoms with Gasteiger partial charge in [-0.05, 0) is 66.6 Å². The number of hydrogen-bond donors (Lipinski definition) is 0. The van der Waals surface area contributed by atoms with Crippen molar-refractivity contribution in [1.29, 1.82) is 0 Å². The Kier molecular flexibility index (Phi) is 6.58. The van der Waals surface area contributed by atoms with Gasteiger partial charge in [0.2, 0.25) is 5.88 Å². The Morgan fingerprint density at radius 2 is 1.79 bits per heavy atom. The number of nitrogens with zero attached hydrogens (tertiary/aromatic N) is 3. The summed E-state index contributed by atoms with van der Waals surface area (Å²) >= 11 is 0. The summed E-state index contributed by atoms with van der Waals surface area (Å²) in [6.07, 6.45) is 7.13. The standard InChI is InChI=1S/C28H32FN3O/c1-33-28-24(3-2-14-30-28)19-22-4-7-23-11-18-32(27(23)20-22)26-12-16-31(17-13-26)15-10-21-5-8-25(29)9-6-21/h2-9,14,20,26H,10-13,15-19H2,1H3. The predicted molar refractivity (Wildman–Crippen MR) is 131 cm³/mol. The summed E-state index contributed by atoms with van der Waals surface area (Å²) in [5, 5.41) is 0. The molecule has 5 heteroatoms. The van der Waals surface area contributed by atoms with Crippen molar-refractivity contribution < 1.29 is 9.13 Å². The molecule has 1 fully saturated rings. The van der Waals surface area contributed by atoms with Crippen LogP contribution in [0.25, 0.3) is 0 Å². The van der Waals surface area contributed by atoms with Crippen molar-refractivity contribution in [2.75, 3.05) is 38.2 Å². The SMILES string of the molecule is COc1ncccc1Cc1ccc2c(c1)N(C1CCN(CCc3ccc(F)cc3)CC1)CC2. The minimum absolute atomic E-state index is 0.159. The van der Waals surface area contributed by atoms with Crippen molar-refractivity contribution in [1.82, 2.24) is 9.88 Å². The summed E-state index contributed by atoms with van der Waals surface area (Å²) < 4.78 is 18.6. The third kappa shape index (κ3) is 5.03. The van der Waals surface area contributed by atoms with E-state index in [1.54, 1.807) is 25.4 Å². The van der Waals surface area contributed by atoms with Gasteiger partial charge in [0.25, 0.3) is 0 Å². The Hall–Kier alpha value is -2.92. The largest absolute Gasteiger partial charge is 0.481 e. The highest BCUT2D eigenvalue weighted by molar-refractivity contribution is 5.61. The van der Waals surface area contributed by atoms with E-state index in [0.717, 1.165) is 51.0 Å². The quantitative estimate of drug-likeness (QED) is 0.518. The maximum Gasteiger partial charge on any atom is 0.216 e. The molecule has 3 heterocycles. The van der Waals surface area contributed by atoms with Gasteiger partial charge in [-0.25, -0.2) is 9.37 Å². The molecule has 0 spiro atoms. The summed E-state index contributed by atoms with van der Waals surface area (Å²) in [5.41, 5.74) is 6.53. The van der Waals surface area contributed by atoms with E-state index in [4.69, 9.17) is 4.74 Å². The Bertz CT molecular complexity index is 1080. The Balaban J connectivity index is 1.20. The zero-order valence-corrected chi connectivity index (χ0v) is 19.3. The highest BCUT2D eigenvalue weighted by atomic mass is 19.1. The van der Waals surface area contributed by atoms with Crippen molar-refractivity contribution >= 4 is 5.69 Å². The van der Waals surface area contributed by atoms with Gasteiger partial charge in [0.15, 0.2) is 0 Å². The second-order valence-corrected chi connectivity index (χ2v) is 9.20. The number of likely N-dealkylation sites (tertiary alicyclic amines) is 1. The van der Waals surface area contributed by atoms with E-state index in [1.165, 1.54) is 35.2 Å². The lowest BCUT2D eigenvalue weighted by molar-refractivity contribution is 0.212. The molecule has 0 unspecified atom stereocenters. The fourth-order valence-corrected chi connectivity index (χ4v) is 5.29. The molecule has 0 aliphatic carbocycles. The molecule has 2 aliphatic heterocycles. The lowest BCUT2D eigenvalue weighted by atomic mass is 10.0. The molecule has 0 amide bonds. The molecule has 0 bridgehead atoms. The molecule has 3 aromatic rings. The van der Waals surface area contributed by atoms with E-state index in [9.17, 15) is 4.39 Å². The number of ether oxygens (including phenoxy) is 1. The average Bonchev–Trinajstić information content (AvgIpc) is 3.28. The first-order chi connectivity index (χ1) is 16.2. The van der Waals surface area contributed by atoms with E-state index in [-0.39, 0.29) is 5.82 Å². The van der Waals surface area contributed by atoms with Crippen molar-refractivity contribution in [3.05, 3.63) is 88.9 Å². The van der Waals surface area contributed by atoms with E-state index in [1.807, 2.05) is 18.2 Å². The monoisotopic (exact) mass is 445 g/mol. The lowest BCUT2D eigenvalue weighted by Gasteiger charge is -2.38. The van der Waals surface area contributed by atoms with Crippen LogP contribution < -0.4 is 9.64 Å². The predicted octanol–water partition coefficient (Wildman–Crippen LogP) is 4.89. The lowest BCUT2D eigenvalue weighted by Crippen LogP contribution is -2.45. The van der Waals surface area contributed by atoms with Crippen molar-refractivity contribution in [3.8, 4) is 5.88 Å². The number of hydrogen-bond acceptors (Lipinski definition) is 4. The van der Waals surface area contributed by atoms with Crippen molar-refractivity contribution in [3.63, 3.8) is 0 Å². The topological polar surface area (TPSA) is 28.6 Å². The van der Waals surface area contributed by atoms with Gasteiger partial charge in [-0.2, -0.15) is 0 Å². The molecule has 172 valence electrons.